The number of hydrogen-bond donors (Lipinski definition) is 2. The van der Waals surface area contributed by atoms with Crippen LogP contribution in [0.3, 0.4) is 0 Å². The van der Waals surface area contributed by atoms with E-state index < -0.39 is 17.2 Å². The molecule has 0 bridgehead atoms. The van der Waals surface area contributed by atoms with Gasteiger partial charge in [0.2, 0.25) is 0 Å². The topological polar surface area (TPSA) is 114 Å². The van der Waals surface area contributed by atoms with Crippen molar-refractivity contribution in [3.8, 4) is 0 Å². The molecular formula is C19H25Cl2N5O3. The summed E-state index contributed by atoms with van der Waals surface area (Å²) in [7, 11) is 0. The zero-order chi connectivity index (χ0) is 21.7. The van der Waals surface area contributed by atoms with Gasteiger partial charge in [-0.15, -0.1) is 0 Å². The molecule has 0 saturated carbocycles. The number of nitrogens with zero attached hydrogens (tertiary/aromatic N) is 3. The quantitative estimate of drug-likeness (QED) is 0.609. The highest BCUT2D eigenvalue weighted by atomic mass is 35.5. The second-order valence-electron chi connectivity index (χ2n) is 7.10. The number of carbonyl (C=O) groups is 1. The molecule has 0 atom stereocenters. The molecule has 0 saturated heterocycles. The summed E-state index contributed by atoms with van der Waals surface area (Å²) < 4.78 is 1.27. The maximum Gasteiger partial charge on any atom is 0.330 e. The Kier molecular flexibility index (Phi) is 7.87. The van der Waals surface area contributed by atoms with Crippen molar-refractivity contribution < 1.29 is 4.79 Å². The van der Waals surface area contributed by atoms with Gasteiger partial charge in [0.05, 0.1) is 5.02 Å². The molecule has 2 heterocycles. The lowest BCUT2D eigenvalue weighted by Crippen LogP contribution is -2.42. The summed E-state index contributed by atoms with van der Waals surface area (Å²) >= 11 is 12.1. The molecule has 0 unspecified atom stereocenters. The van der Waals surface area contributed by atoms with Gasteiger partial charge in [0.15, 0.2) is 5.69 Å². The number of aromatic nitrogens is 3. The summed E-state index contributed by atoms with van der Waals surface area (Å²) in [6.45, 7) is 6.47. The third-order valence-corrected chi connectivity index (χ3v) is 4.92. The first kappa shape index (κ1) is 23.0. The number of aromatic amines is 1. The maximum absolute atomic E-state index is 13.3. The summed E-state index contributed by atoms with van der Waals surface area (Å²) in [5.41, 5.74) is 4.65. The van der Waals surface area contributed by atoms with E-state index in [1.54, 1.807) is 0 Å². The van der Waals surface area contributed by atoms with E-state index >= 15 is 0 Å². The third-order valence-electron chi connectivity index (χ3n) is 4.41. The minimum absolute atomic E-state index is 0.0672. The molecule has 0 aliphatic rings. The van der Waals surface area contributed by atoms with E-state index in [1.165, 1.54) is 21.6 Å². The molecule has 0 spiro atoms. The van der Waals surface area contributed by atoms with Gasteiger partial charge in [0, 0.05) is 13.1 Å². The van der Waals surface area contributed by atoms with Crippen LogP contribution in [-0.2, 0) is 6.54 Å². The summed E-state index contributed by atoms with van der Waals surface area (Å²) in [4.78, 5) is 45.6. The standard InChI is InChI=1S/C19H25Cl2N5O3/c1-4-5-9-26-16(22)15(17(27)24-19(26)29)25(10-8-11(2)3)18(28)14-12(20)6-7-13(21)23-14/h6-7,11H,4-5,8-10,22H2,1-3H3,(H,24,27,29). The number of H-pyrrole nitrogens is 1. The van der Waals surface area contributed by atoms with Crippen molar-refractivity contribution in [3.05, 3.63) is 48.8 Å². The van der Waals surface area contributed by atoms with E-state index in [0.29, 0.717) is 19.4 Å². The van der Waals surface area contributed by atoms with E-state index in [1.807, 2.05) is 20.8 Å². The summed E-state index contributed by atoms with van der Waals surface area (Å²) in [6, 6.07) is 2.92. The van der Waals surface area contributed by atoms with Crippen molar-refractivity contribution in [3.63, 3.8) is 0 Å². The molecule has 2 rings (SSSR count). The fourth-order valence-corrected chi connectivity index (χ4v) is 3.11. The van der Waals surface area contributed by atoms with Crippen molar-refractivity contribution in [1.29, 1.82) is 0 Å². The Bertz CT molecular complexity index is 1000. The van der Waals surface area contributed by atoms with Gasteiger partial charge in [-0.2, -0.15) is 0 Å². The monoisotopic (exact) mass is 441 g/mol. The number of amides is 1. The van der Waals surface area contributed by atoms with E-state index in [4.69, 9.17) is 28.9 Å². The van der Waals surface area contributed by atoms with E-state index in [9.17, 15) is 14.4 Å². The van der Waals surface area contributed by atoms with Gasteiger partial charge in [0.1, 0.15) is 16.7 Å². The van der Waals surface area contributed by atoms with Crippen LogP contribution >= 0.6 is 23.2 Å². The molecule has 2 aromatic heterocycles. The number of hydrogen-bond acceptors (Lipinski definition) is 5. The van der Waals surface area contributed by atoms with E-state index in [-0.39, 0.29) is 39.8 Å². The fourth-order valence-electron chi connectivity index (χ4n) is 2.77. The first-order chi connectivity index (χ1) is 13.7. The number of nitrogen functional groups attached to an aromatic ring is 1. The molecule has 0 aliphatic heterocycles. The number of rotatable bonds is 8. The van der Waals surface area contributed by atoms with Gasteiger partial charge in [0.25, 0.3) is 11.5 Å². The smallest absolute Gasteiger partial charge is 0.330 e. The number of halogens is 2. The van der Waals surface area contributed by atoms with Crippen LogP contribution in [0.5, 0.6) is 0 Å². The molecule has 0 fully saturated rings. The molecule has 0 aliphatic carbocycles. The summed E-state index contributed by atoms with van der Waals surface area (Å²) in [5, 5.41) is 0.194. The average Bonchev–Trinajstić information content (AvgIpc) is 2.65. The first-order valence-corrected chi connectivity index (χ1v) is 10.2. The van der Waals surface area contributed by atoms with Gasteiger partial charge in [-0.05, 0) is 30.9 Å². The highest BCUT2D eigenvalue weighted by molar-refractivity contribution is 6.35. The van der Waals surface area contributed by atoms with Gasteiger partial charge in [-0.1, -0.05) is 50.4 Å². The van der Waals surface area contributed by atoms with Gasteiger partial charge in [-0.3, -0.25) is 24.0 Å². The minimum Gasteiger partial charge on any atom is -0.383 e. The predicted octanol–water partition coefficient (Wildman–Crippen LogP) is 3.31. The molecule has 158 valence electrons. The second-order valence-corrected chi connectivity index (χ2v) is 7.90. The molecule has 0 radical (unpaired) electrons. The van der Waals surface area contributed by atoms with Crippen LogP contribution in [-0.4, -0.2) is 27.0 Å². The van der Waals surface area contributed by atoms with Crippen molar-refractivity contribution in [2.24, 2.45) is 5.92 Å². The van der Waals surface area contributed by atoms with Gasteiger partial charge < -0.3 is 5.73 Å². The Morgan fingerprint density at radius 2 is 2.00 bits per heavy atom. The highest BCUT2D eigenvalue weighted by Crippen LogP contribution is 2.24. The Morgan fingerprint density at radius 1 is 1.31 bits per heavy atom. The molecule has 10 heteroatoms. The Balaban J connectivity index is 2.64. The number of nitrogens with one attached hydrogen (secondary N) is 1. The lowest BCUT2D eigenvalue weighted by Gasteiger charge is -2.25. The SMILES string of the molecule is CCCCn1c(N)c(N(CCC(C)C)C(=O)c2nc(Cl)ccc2Cl)c(=O)[nH]c1=O. The van der Waals surface area contributed by atoms with Crippen LogP contribution in [0.2, 0.25) is 10.2 Å². The van der Waals surface area contributed by atoms with Crippen molar-refractivity contribution in [1.82, 2.24) is 14.5 Å². The van der Waals surface area contributed by atoms with Gasteiger partial charge in [-0.25, -0.2) is 9.78 Å². The fraction of sp³-hybridized carbons (Fsp3) is 0.474. The minimum atomic E-state index is -0.740. The lowest BCUT2D eigenvalue weighted by molar-refractivity contribution is 0.0981. The van der Waals surface area contributed by atoms with E-state index in [2.05, 4.69) is 9.97 Å². The largest absolute Gasteiger partial charge is 0.383 e. The van der Waals surface area contributed by atoms with Crippen LogP contribution in [0.1, 0.15) is 50.5 Å². The van der Waals surface area contributed by atoms with Crippen LogP contribution in [0.15, 0.2) is 21.7 Å². The third kappa shape index (κ3) is 5.39. The number of carbonyl (C=O) groups excluding carboxylic acids is 1. The average molecular weight is 442 g/mol. The number of nitrogens with two attached hydrogens (primary N) is 1. The van der Waals surface area contributed by atoms with Gasteiger partial charge >= 0.3 is 5.69 Å². The van der Waals surface area contributed by atoms with Crippen molar-refractivity contribution >= 4 is 40.6 Å². The number of pyridine rings is 1. The lowest BCUT2D eigenvalue weighted by atomic mass is 10.1. The maximum atomic E-state index is 13.3. The zero-order valence-corrected chi connectivity index (χ0v) is 18.2. The normalized spacial score (nSPS) is 11.1. The Labute approximate surface area is 178 Å². The number of unbranched alkanes of at least 4 members (excludes halogenated alkanes) is 1. The molecule has 8 nitrogen and oxygen atoms in total. The molecular weight excluding hydrogens is 417 g/mol. The van der Waals surface area contributed by atoms with Crippen molar-refractivity contribution in [2.75, 3.05) is 17.2 Å². The second kappa shape index (κ2) is 9.93. The molecule has 2 aromatic rings. The van der Waals surface area contributed by atoms with Crippen molar-refractivity contribution in [2.45, 2.75) is 46.6 Å². The first-order valence-electron chi connectivity index (χ1n) is 9.43. The van der Waals surface area contributed by atoms with Crippen LogP contribution in [0.4, 0.5) is 11.5 Å². The highest BCUT2D eigenvalue weighted by Gasteiger charge is 2.27. The van der Waals surface area contributed by atoms with Crippen LogP contribution in [0, 0.1) is 5.92 Å². The Morgan fingerprint density at radius 3 is 2.62 bits per heavy atom. The number of anilines is 2. The summed E-state index contributed by atoms with van der Waals surface area (Å²) in [6.07, 6.45) is 2.12. The molecule has 0 aromatic carbocycles. The predicted molar refractivity (Wildman–Crippen MR) is 116 cm³/mol. The molecule has 3 N–H and O–H groups in total. The van der Waals surface area contributed by atoms with E-state index in [0.717, 1.165) is 6.42 Å². The van der Waals surface area contributed by atoms with Crippen LogP contribution < -0.4 is 21.9 Å². The zero-order valence-electron chi connectivity index (χ0n) is 16.7. The molecule has 29 heavy (non-hydrogen) atoms. The molecule has 1 amide bonds. The Hall–Kier alpha value is -2.32. The summed E-state index contributed by atoms with van der Waals surface area (Å²) in [5.74, 6) is -0.433. The van der Waals surface area contributed by atoms with Crippen LogP contribution in [0.25, 0.3) is 0 Å².